The molecule has 0 saturated heterocycles. The van der Waals surface area contributed by atoms with E-state index < -0.39 is 17.7 Å². The Hall–Kier alpha value is -0.520. The first-order valence-corrected chi connectivity index (χ1v) is 4.74. The fourth-order valence-corrected chi connectivity index (χ4v) is 1.70. The summed E-state index contributed by atoms with van der Waals surface area (Å²) in [5, 5.41) is 0. The normalized spacial score (nSPS) is 12.9. The van der Waals surface area contributed by atoms with Gasteiger partial charge in [0.25, 0.3) is 0 Å². The smallest absolute Gasteiger partial charge is 0.159 e. The average molecular weight is 266 g/mol. The van der Waals surface area contributed by atoms with Gasteiger partial charge in [0, 0.05) is 11.6 Å². The minimum atomic E-state index is -0.908. The Kier molecular flexibility index (Phi) is 3.97. The van der Waals surface area contributed by atoms with E-state index in [0.717, 1.165) is 12.1 Å². The van der Waals surface area contributed by atoms with Gasteiger partial charge in [-0.3, -0.25) is 0 Å². The molecule has 0 saturated carbocycles. The van der Waals surface area contributed by atoms with E-state index >= 15 is 0 Å². The number of nitrogens with two attached hydrogens (primary N) is 1. The Morgan fingerprint density at radius 2 is 2.00 bits per heavy atom. The Balaban J connectivity index is 3.02. The number of hydrogen-bond acceptors (Lipinski definition) is 2. The van der Waals surface area contributed by atoms with E-state index in [2.05, 4.69) is 15.9 Å². The SMILES string of the molecule is COC[C@@H](N)c1cc(F)c(F)cc1Br. The first-order chi connectivity index (χ1) is 6.56. The molecule has 0 unspecified atom stereocenters. The molecule has 2 N–H and O–H groups in total. The Morgan fingerprint density at radius 1 is 1.43 bits per heavy atom. The van der Waals surface area contributed by atoms with Crippen molar-refractivity contribution in [3.8, 4) is 0 Å². The number of hydrogen-bond donors (Lipinski definition) is 1. The van der Waals surface area contributed by atoms with Gasteiger partial charge in [-0.05, 0) is 17.7 Å². The van der Waals surface area contributed by atoms with E-state index in [-0.39, 0.29) is 6.61 Å². The van der Waals surface area contributed by atoms with E-state index in [1.54, 1.807) is 0 Å². The van der Waals surface area contributed by atoms with Crippen molar-refractivity contribution in [2.45, 2.75) is 6.04 Å². The summed E-state index contributed by atoms with van der Waals surface area (Å²) in [5.41, 5.74) is 6.17. The zero-order valence-electron chi connectivity index (χ0n) is 7.56. The summed E-state index contributed by atoms with van der Waals surface area (Å²) in [5.74, 6) is -1.81. The third-order valence-electron chi connectivity index (χ3n) is 1.79. The van der Waals surface area contributed by atoms with Crippen LogP contribution in [0.15, 0.2) is 16.6 Å². The zero-order valence-corrected chi connectivity index (χ0v) is 9.14. The lowest BCUT2D eigenvalue weighted by Crippen LogP contribution is -2.17. The lowest BCUT2D eigenvalue weighted by atomic mass is 10.1. The van der Waals surface area contributed by atoms with Crippen LogP contribution in [-0.2, 0) is 4.74 Å². The van der Waals surface area contributed by atoms with Gasteiger partial charge in [-0.25, -0.2) is 8.78 Å². The number of methoxy groups -OCH3 is 1. The van der Waals surface area contributed by atoms with Crippen LogP contribution in [0.3, 0.4) is 0 Å². The topological polar surface area (TPSA) is 35.2 Å². The van der Waals surface area contributed by atoms with E-state index in [1.807, 2.05) is 0 Å². The van der Waals surface area contributed by atoms with Crippen molar-refractivity contribution in [1.82, 2.24) is 0 Å². The summed E-state index contributed by atoms with van der Waals surface area (Å²) in [6.07, 6.45) is 0. The molecule has 78 valence electrons. The number of rotatable bonds is 3. The maximum absolute atomic E-state index is 12.9. The van der Waals surface area contributed by atoms with E-state index in [0.29, 0.717) is 10.0 Å². The van der Waals surface area contributed by atoms with Crippen LogP contribution < -0.4 is 5.73 Å². The van der Waals surface area contributed by atoms with Gasteiger partial charge >= 0.3 is 0 Å². The van der Waals surface area contributed by atoms with Gasteiger partial charge in [0.05, 0.1) is 12.6 Å². The van der Waals surface area contributed by atoms with Crippen molar-refractivity contribution in [2.24, 2.45) is 5.73 Å². The largest absolute Gasteiger partial charge is 0.383 e. The van der Waals surface area contributed by atoms with Crippen molar-refractivity contribution in [2.75, 3.05) is 13.7 Å². The predicted octanol–water partition coefficient (Wildman–Crippen LogP) is 2.37. The van der Waals surface area contributed by atoms with Crippen LogP contribution in [0.1, 0.15) is 11.6 Å². The molecule has 1 aromatic rings. The highest BCUT2D eigenvalue weighted by Gasteiger charge is 2.13. The molecule has 14 heavy (non-hydrogen) atoms. The third kappa shape index (κ3) is 2.50. The standard InChI is InChI=1S/C9H10BrF2NO/c1-14-4-9(13)5-2-7(11)8(12)3-6(5)10/h2-3,9H,4,13H2,1H3/t9-/m1/s1. The molecule has 0 heterocycles. The average Bonchev–Trinajstić information content (AvgIpc) is 2.11. The van der Waals surface area contributed by atoms with Crippen LogP contribution in [0.5, 0.6) is 0 Å². The molecular weight excluding hydrogens is 256 g/mol. The molecule has 0 aromatic heterocycles. The van der Waals surface area contributed by atoms with Crippen molar-refractivity contribution in [3.05, 3.63) is 33.8 Å². The summed E-state index contributed by atoms with van der Waals surface area (Å²) in [7, 11) is 1.49. The molecule has 0 aliphatic carbocycles. The molecular formula is C9H10BrF2NO. The Morgan fingerprint density at radius 3 is 2.57 bits per heavy atom. The van der Waals surface area contributed by atoms with Gasteiger partial charge in [-0.2, -0.15) is 0 Å². The van der Waals surface area contributed by atoms with Crippen molar-refractivity contribution in [3.63, 3.8) is 0 Å². The van der Waals surface area contributed by atoms with E-state index in [4.69, 9.17) is 10.5 Å². The molecule has 1 aromatic carbocycles. The van der Waals surface area contributed by atoms with Gasteiger partial charge in [-0.1, -0.05) is 15.9 Å². The molecule has 0 amide bonds. The van der Waals surface area contributed by atoms with Crippen LogP contribution in [-0.4, -0.2) is 13.7 Å². The summed E-state index contributed by atoms with van der Waals surface area (Å²) >= 11 is 3.11. The number of benzene rings is 1. The van der Waals surface area contributed by atoms with Crippen LogP contribution >= 0.6 is 15.9 Å². The first kappa shape index (κ1) is 11.6. The summed E-state index contributed by atoms with van der Waals surface area (Å²) in [6, 6.07) is 1.66. The molecule has 0 fully saturated rings. The lowest BCUT2D eigenvalue weighted by molar-refractivity contribution is 0.180. The van der Waals surface area contributed by atoms with E-state index in [9.17, 15) is 8.78 Å². The molecule has 2 nitrogen and oxygen atoms in total. The second-order valence-corrected chi connectivity index (χ2v) is 3.70. The van der Waals surface area contributed by atoms with E-state index in [1.165, 1.54) is 7.11 Å². The molecule has 0 bridgehead atoms. The van der Waals surface area contributed by atoms with Crippen molar-refractivity contribution >= 4 is 15.9 Å². The van der Waals surface area contributed by atoms with Gasteiger partial charge in [0.1, 0.15) is 0 Å². The number of halogens is 3. The quantitative estimate of drug-likeness (QED) is 0.852. The molecule has 0 spiro atoms. The second kappa shape index (κ2) is 4.82. The molecule has 5 heteroatoms. The monoisotopic (exact) mass is 265 g/mol. The summed E-state index contributed by atoms with van der Waals surface area (Å²) in [4.78, 5) is 0. The van der Waals surface area contributed by atoms with Gasteiger partial charge in [-0.15, -0.1) is 0 Å². The Labute approximate surface area is 89.2 Å². The van der Waals surface area contributed by atoms with Gasteiger partial charge < -0.3 is 10.5 Å². The maximum Gasteiger partial charge on any atom is 0.159 e. The fraction of sp³-hybridized carbons (Fsp3) is 0.333. The highest BCUT2D eigenvalue weighted by atomic mass is 79.9. The first-order valence-electron chi connectivity index (χ1n) is 3.95. The molecule has 1 rings (SSSR count). The highest BCUT2D eigenvalue weighted by molar-refractivity contribution is 9.10. The maximum atomic E-state index is 12.9. The Bertz CT molecular complexity index is 333. The third-order valence-corrected chi connectivity index (χ3v) is 2.47. The van der Waals surface area contributed by atoms with Crippen LogP contribution in [0.2, 0.25) is 0 Å². The van der Waals surface area contributed by atoms with Gasteiger partial charge in [0.2, 0.25) is 0 Å². The minimum Gasteiger partial charge on any atom is -0.383 e. The predicted molar refractivity (Wildman–Crippen MR) is 52.9 cm³/mol. The molecule has 0 aliphatic rings. The van der Waals surface area contributed by atoms with Gasteiger partial charge in [0.15, 0.2) is 11.6 Å². The van der Waals surface area contributed by atoms with Crippen LogP contribution in [0, 0.1) is 11.6 Å². The second-order valence-electron chi connectivity index (χ2n) is 2.85. The fourth-order valence-electron chi connectivity index (χ4n) is 1.09. The molecule has 0 aliphatic heterocycles. The summed E-state index contributed by atoms with van der Waals surface area (Å²) < 4.78 is 30.9. The van der Waals surface area contributed by atoms with Crippen molar-refractivity contribution < 1.29 is 13.5 Å². The summed E-state index contributed by atoms with van der Waals surface area (Å²) in [6.45, 7) is 0.254. The highest BCUT2D eigenvalue weighted by Crippen LogP contribution is 2.25. The molecule has 1 atom stereocenters. The van der Waals surface area contributed by atoms with Crippen molar-refractivity contribution in [1.29, 1.82) is 0 Å². The van der Waals surface area contributed by atoms with Crippen LogP contribution in [0.4, 0.5) is 8.78 Å². The lowest BCUT2D eigenvalue weighted by Gasteiger charge is -2.12. The minimum absolute atomic E-state index is 0.254. The molecule has 0 radical (unpaired) electrons. The van der Waals surface area contributed by atoms with Crippen LogP contribution in [0.25, 0.3) is 0 Å². The number of ether oxygens (including phenoxy) is 1. The zero-order chi connectivity index (χ0) is 10.7.